The number of halogens is 1. The van der Waals surface area contributed by atoms with Gasteiger partial charge in [0, 0.05) is 26.6 Å². The molecule has 1 saturated heterocycles. The minimum Gasteiger partial charge on any atom is -0.488 e. The summed E-state index contributed by atoms with van der Waals surface area (Å²) in [5.74, 6) is 2.45. The zero-order chi connectivity index (χ0) is 19.5. The number of rotatable bonds is 7. The number of nitrogens with zero attached hydrogens (tertiary/aromatic N) is 3. The van der Waals surface area contributed by atoms with Gasteiger partial charge < -0.3 is 19.1 Å². The molecule has 0 unspecified atom stereocenters. The summed E-state index contributed by atoms with van der Waals surface area (Å²) in [6, 6.07) is 5.95. The summed E-state index contributed by atoms with van der Waals surface area (Å²) < 4.78 is 29.4. The summed E-state index contributed by atoms with van der Waals surface area (Å²) in [6.45, 7) is 3.00. The Kier molecular flexibility index (Phi) is 5.89. The van der Waals surface area contributed by atoms with E-state index in [-0.39, 0.29) is 11.9 Å². The van der Waals surface area contributed by atoms with Gasteiger partial charge in [-0.05, 0) is 48.9 Å². The molecule has 2 heterocycles. The Morgan fingerprint density at radius 1 is 1.21 bits per heavy atom. The normalized spacial score (nSPS) is 27.7. The highest BCUT2D eigenvalue weighted by atomic mass is 19.1. The van der Waals surface area contributed by atoms with Crippen molar-refractivity contribution < 1.29 is 23.5 Å². The van der Waals surface area contributed by atoms with Crippen LogP contribution in [-0.2, 0) is 17.7 Å². The molecule has 1 N–H and O–H groups in total. The van der Waals surface area contributed by atoms with Crippen molar-refractivity contribution in [3.8, 4) is 5.75 Å². The lowest BCUT2D eigenvalue weighted by Crippen LogP contribution is -2.42. The standard InChI is InChI=1S/C20H26FN3O4/c1-26-7-6-19-22-20(28-23-19)12-24-10-13-8-17(25)18(9-14(13)11-24)27-16-4-2-15(21)3-5-16/h2-5,13-14,17-18,25H,6-12H2,1H3/t13-,14+,17+,18+/m0/s1. The highest BCUT2D eigenvalue weighted by Crippen LogP contribution is 2.38. The van der Waals surface area contributed by atoms with Gasteiger partial charge >= 0.3 is 0 Å². The van der Waals surface area contributed by atoms with Crippen LogP contribution in [0.5, 0.6) is 5.75 Å². The fraction of sp³-hybridized carbons (Fsp3) is 0.600. The molecule has 1 saturated carbocycles. The predicted molar refractivity (Wildman–Crippen MR) is 98.2 cm³/mol. The van der Waals surface area contributed by atoms with E-state index in [0.29, 0.717) is 55.3 Å². The maximum Gasteiger partial charge on any atom is 0.240 e. The van der Waals surface area contributed by atoms with Gasteiger partial charge in [-0.1, -0.05) is 5.16 Å². The van der Waals surface area contributed by atoms with Crippen molar-refractivity contribution in [3.05, 3.63) is 41.8 Å². The van der Waals surface area contributed by atoms with Crippen LogP contribution in [0.2, 0.25) is 0 Å². The maximum absolute atomic E-state index is 13.1. The number of aliphatic hydroxyl groups excluding tert-OH is 1. The van der Waals surface area contributed by atoms with Crippen LogP contribution in [0.15, 0.2) is 28.8 Å². The Morgan fingerprint density at radius 3 is 2.71 bits per heavy atom. The van der Waals surface area contributed by atoms with E-state index in [4.69, 9.17) is 14.0 Å². The second-order valence-corrected chi connectivity index (χ2v) is 7.71. The van der Waals surface area contributed by atoms with Crippen molar-refractivity contribution in [2.75, 3.05) is 26.8 Å². The molecule has 28 heavy (non-hydrogen) atoms. The van der Waals surface area contributed by atoms with Crippen LogP contribution < -0.4 is 4.74 Å². The Hall–Kier alpha value is -2.03. The third-order valence-electron chi connectivity index (χ3n) is 5.66. The average Bonchev–Trinajstić information content (AvgIpc) is 3.28. The predicted octanol–water partition coefficient (Wildman–Crippen LogP) is 2.05. The number of hydrogen-bond acceptors (Lipinski definition) is 7. The first-order valence-corrected chi connectivity index (χ1v) is 9.73. The minimum atomic E-state index is -0.518. The second kappa shape index (κ2) is 8.55. The Labute approximate surface area is 163 Å². The molecule has 4 atom stereocenters. The largest absolute Gasteiger partial charge is 0.488 e. The smallest absolute Gasteiger partial charge is 0.240 e. The van der Waals surface area contributed by atoms with Crippen LogP contribution in [0.4, 0.5) is 4.39 Å². The number of ether oxygens (including phenoxy) is 2. The molecule has 0 amide bonds. The minimum absolute atomic E-state index is 0.268. The van der Waals surface area contributed by atoms with Crippen molar-refractivity contribution in [1.29, 1.82) is 0 Å². The molecule has 1 aliphatic heterocycles. The quantitative estimate of drug-likeness (QED) is 0.774. The van der Waals surface area contributed by atoms with Gasteiger partial charge in [0.05, 0.1) is 19.3 Å². The van der Waals surface area contributed by atoms with Crippen LogP contribution in [0, 0.1) is 17.7 Å². The molecule has 4 rings (SSSR count). The third-order valence-corrected chi connectivity index (χ3v) is 5.66. The molecule has 7 nitrogen and oxygen atoms in total. The monoisotopic (exact) mass is 391 g/mol. The van der Waals surface area contributed by atoms with Gasteiger partial charge in [0.1, 0.15) is 17.7 Å². The summed E-state index contributed by atoms with van der Waals surface area (Å²) in [7, 11) is 1.65. The van der Waals surface area contributed by atoms with Gasteiger partial charge in [-0.15, -0.1) is 0 Å². The molecule has 2 fully saturated rings. The molecule has 1 aromatic carbocycles. The first-order chi connectivity index (χ1) is 13.6. The molecular formula is C20H26FN3O4. The lowest BCUT2D eigenvalue weighted by Gasteiger charge is -2.35. The van der Waals surface area contributed by atoms with E-state index in [1.165, 1.54) is 12.1 Å². The number of benzene rings is 1. The Bertz CT molecular complexity index is 769. The third kappa shape index (κ3) is 4.51. The van der Waals surface area contributed by atoms with Crippen LogP contribution in [0.3, 0.4) is 0 Å². The van der Waals surface area contributed by atoms with Gasteiger partial charge in [0.15, 0.2) is 5.82 Å². The number of fused-ring (bicyclic) bond motifs is 1. The first-order valence-electron chi connectivity index (χ1n) is 9.73. The highest BCUT2D eigenvalue weighted by Gasteiger charge is 2.42. The second-order valence-electron chi connectivity index (χ2n) is 7.71. The molecule has 1 aromatic heterocycles. The van der Waals surface area contributed by atoms with Gasteiger partial charge in [-0.25, -0.2) is 4.39 Å². The summed E-state index contributed by atoms with van der Waals surface area (Å²) in [5, 5.41) is 14.5. The average molecular weight is 391 g/mol. The topological polar surface area (TPSA) is 80.9 Å². The molecule has 2 aromatic rings. The van der Waals surface area contributed by atoms with Gasteiger partial charge in [0.2, 0.25) is 5.89 Å². The number of methoxy groups -OCH3 is 1. The summed E-state index contributed by atoms with van der Waals surface area (Å²) in [6.07, 6.45) is 1.34. The van der Waals surface area contributed by atoms with Crippen molar-refractivity contribution in [1.82, 2.24) is 15.0 Å². The number of aromatic nitrogens is 2. The molecule has 0 radical (unpaired) electrons. The lowest BCUT2D eigenvalue weighted by atomic mass is 9.78. The SMILES string of the molecule is COCCc1noc(CN2C[C@H]3C[C@@H](Oc4ccc(F)cc4)[C@H](O)C[C@H]3C2)n1. The van der Waals surface area contributed by atoms with Crippen LogP contribution in [0.25, 0.3) is 0 Å². The van der Waals surface area contributed by atoms with Crippen molar-refractivity contribution >= 4 is 0 Å². The molecule has 0 spiro atoms. The van der Waals surface area contributed by atoms with E-state index < -0.39 is 6.10 Å². The van der Waals surface area contributed by atoms with Crippen molar-refractivity contribution in [3.63, 3.8) is 0 Å². The Morgan fingerprint density at radius 2 is 1.96 bits per heavy atom. The van der Waals surface area contributed by atoms with Gasteiger partial charge in [0.25, 0.3) is 0 Å². The zero-order valence-electron chi connectivity index (χ0n) is 16.0. The molecular weight excluding hydrogens is 365 g/mol. The molecule has 1 aliphatic carbocycles. The van der Waals surface area contributed by atoms with E-state index in [9.17, 15) is 9.50 Å². The number of hydrogen-bond donors (Lipinski definition) is 1. The van der Waals surface area contributed by atoms with Crippen LogP contribution >= 0.6 is 0 Å². The zero-order valence-corrected chi connectivity index (χ0v) is 16.0. The van der Waals surface area contributed by atoms with Crippen molar-refractivity contribution in [2.45, 2.75) is 38.0 Å². The fourth-order valence-electron chi connectivity index (χ4n) is 4.27. The highest BCUT2D eigenvalue weighted by molar-refractivity contribution is 5.22. The first kappa shape index (κ1) is 19.3. The fourth-order valence-corrected chi connectivity index (χ4v) is 4.27. The summed E-state index contributed by atoms with van der Waals surface area (Å²) in [5.41, 5.74) is 0. The van der Waals surface area contributed by atoms with E-state index >= 15 is 0 Å². The summed E-state index contributed by atoms with van der Waals surface area (Å²) in [4.78, 5) is 6.72. The molecule has 152 valence electrons. The maximum atomic E-state index is 13.1. The van der Waals surface area contributed by atoms with E-state index in [1.54, 1.807) is 19.2 Å². The van der Waals surface area contributed by atoms with E-state index in [2.05, 4.69) is 15.0 Å². The van der Waals surface area contributed by atoms with Crippen molar-refractivity contribution in [2.24, 2.45) is 11.8 Å². The lowest BCUT2D eigenvalue weighted by molar-refractivity contribution is -0.0231. The van der Waals surface area contributed by atoms with E-state index in [0.717, 1.165) is 19.5 Å². The molecule has 2 aliphatic rings. The Balaban J connectivity index is 1.32. The number of aliphatic hydroxyl groups is 1. The molecule has 8 heteroatoms. The summed E-state index contributed by atoms with van der Waals surface area (Å²) >= 11 is 0. The number of likely N-dealkylation sites (tertiary alicyclic amines) is 1. The van der Waals surface area contributed by atoms with Gasteiger partial charge in [-0.2, -0.15) is 4.98 Å². The van der Waals surface area contributed by atoms with E-state index in [1.807, 2.05) is 0 Å². The van der Waals surface area contributed by atoms with Crippen LogP contribution in [0.1, 0.15) is 24.6 Å². The van der Waals surface area contributed by atoms with Crippen LogP contribution in [-0.4, -0.2) is 59.2 Å². The molecule has 0 bridgehead atoms. The van der Waals surface area contributed by atoms with Gasteiger partial charge in [-0.3, -0.25) is 4.90 Å².